The first-order chi connectivity index (χ1) is 7.22. The van der Waals surface area contributed by atoms with Gasteiger partial charge < -0.3 is 4.42 Å². The smallest absolute Gasteiger partial charge is 0.135 e. The number of halogens is 1. The Balaban J connectivity index is 2.67. The number of hydrogen-bond donors (Lipinski definition) is 0. The van der Waals surface area contributed by atoms with Crippen LogP contribution in [0.5, 0.6) is 0 Å². The molecule has 15 heavy (non-hydrogen) atoms. The summed E-state index contributed by atoms with van der Waals surface area (Å²) in [5.74, 6) is 0.172. The van der Waals surface area contributed by atoms with Crippen LogP contribution in [0.4, 0.5) is 4.39 Å². The maximum absolute atomic E-state index is 13.3. The van der Waals surface area contributed by atoms with E-state index in [9.17, 15) is 4.39 Å². The fourth-order valence-electron chi connectivity index (χ4n) is 1.41. The zero-order valence-corrected chi connectivity index (χ0v) is 8.12. The predicted octanol–water partition coefficient (Wildman–Crippen LogP) is 3.27. The summed E-state index contributed by atoms with van der Waals surface area (Å²) < 4.78 is 18.5. The molecule has 1 aromatic carbocycles. The molecule has 1 heterocycles. The lowest BCUT2D eigenvalue weighted by molar-refractivity contribution is 0.579. The first kappa shape index (κ1) is 9.47. The van der Waals surface area contributed by atoms with E-state index in [2.05, 4.69) is 0 Å². The van der Waals surface area contributed by atoms with E-state index >= 15 is 0 Å². The Morgan fingerprint density at radius 2 is 2.20 bits per heavy atom. The lowest BCUT2D eigenvalue weighted by atomic mass is 10.0. The fourth-order valence-corrected chi connectivity index (χ4v) is 1.41. The van der Waals surface area contributed by atoms with Gasteiger partial charge in [0.15, 0.2) is 0 Å². The number of nitriles is 1. The molecule has 0 atom stereocenters. The molecule has 3 heteroatoms. The van der Waals surface area contributed by atoms with Gasteiger partial charge in [-0.15, -0.1) is 0 Å². The second-order valence-electron chi connectivity index (χ2n) is 3.24. The highest BCUT2D eigenvalue weighted by Crippen LogP contribution is 2.26. The summed E-state index contributed by atoms with van der Waals surface area (Å²) in [5, 5.41) is 8.92. The molecular weight excluding hydrogens is 193 g/mol. The van der Waals surface area contributed by atoms with Crippen LogP contribution >= 0.6 is 0 Å². The minimum atomic E-state index is -0.333. The first-order valence-electron chi connectivity index (χ1n) is 4.46. The standard InChI is InChI=1S/C12H8FNO/c1-8-5-9(7-14)10(6-11(8)13)12-3-2-4-15-12/h2-6H,1H3. The van der Waals surface area contributed by atoms with E-state index in [0.717, 1.165) is 0 Å². The quantitative estimate of drug-likeness (QED) is 0.710. The van der Waals surface area contributed by atoms with Gasteiger partial charge in [0.1, 0.15) is 11.6 Å². The third-order valence-corrected chi connectivity index (χ3v) is 2.21. The largest absolute Gasteiger partial charge is 0.464 e. The van der Waals surface area contributed by atoms with Gasteiger partial charge in [-0.1, -0.05) is 0 Å². The molecule has 2 rings (SSSR count). The van der Waals surface area contributed by atoms with Crippen molar-refractivity contribution in [3.8, 4) is 17.4 Å². The van der Waals surface area contributed by atoms with Crippen LogP contribution in [0.15, 0.2) is 34.9 Å². The summed E-state index contributed by atoms with van der Waals surface area (Å²) in [7, 11) is 0. The average Bonchev–Trinajstić information content (AvgIpc) is 2.74. The van der Waals surface area contributed by atoms with Gasteiger partial charge >= 0.3 is 0 Å². The van der Waals surface area contributed by atoms with Gasteiger partial charge in [0.25, 0.3) is 0 Å². The van der Waals surface area contributed by atoms with Gasteiger partial charge in [-0.2, -0.15) is 5.26 Å². The highest BCUT2D eigenvalue weighted by atomic mass is 19.1. The van der Waals surface area contributed by atoms with Crippen LogP contribution in [0.25, 0.3) is 11.3 Å². The summed E-state index contributed by atoms with van der Waals surface area (Å²) in [6.07, 6.45) is 1.49. The van der Waals surface area contributed by atoms with Crippen LogP contribution in [0.2, 0.25) is 0 Å². The van der Waals surface area contributed by atoms with E-state index in [0.29, 0.717) is 22.5 Å². The minimum Gasteiger partial charge on any atom is -0.464 e. The number of rotatable bonds is 1. The lowest BCUT2D eigenvalue weighted by Crippen LogP contribution is -1.89. The van der Waals surface area contributed by atoms with Crippen LogP contribution in [0.3, 0.4) is 0 Å². The van der Waals surface area contributed by atoms with E-state index in [1.165, 1.54) is 18.4 Å². The second kappa shape index (κ2) is 3.58. The molecule has 0 aliphatic carbocycles. The highest BCUT2D eigenvalue weighted by Gasteiger charge is 2.10. The lowest BCUT2D eigenvalue weighted by Gasteiger charge is -2.03. The molecule has 0 aliphatic rings. The normalized spacial score (nSPS) is 9.93. The number of furan rings is 1. The third-order valence-electron chi connectivity index (χ3n) is 2.21. The van der Waals surface area contributed by atoms with Crippen molar-refractivity contribution < 1.29 is 8.81 Å². The molecule has 1 aromatic heterocycles. The van der Waals surface area contributed by atoms with Crippen molar-refractivity contribution in [1.29, 1.82) is 5.26 Å². The van der Waals surface area contributed by atoms with Gasteiger partial charge in [-0.05, 0) is 36.8 Å². The number of benzene rings is 1. The molecule has 2 aromatic rings. The monoisotopic (exact) mass is 201 g/mol. The molecule has 0 radical (unpaired) electrons. The Bertz CT molecular complexity index is 523. The van der Waals surface area contributed by atoms with Crippen LogP contribution < -0.4 is 0 Å². The average molecular weight is 201 g/mol. The van der Waals surface area contributed by atoms with Crippen molar-refractivity contribution in [3.63, 3.8) is 0 Å². The number of aryl methyl sites for hydroxylation is 1. The summed E-state index contributed by atoms with van der Waals surface area (Å²) in [6, 6.07) is 8.27. The molecule has 2 nitrogen and oxygen atoms in total. The topological polar surface area (TPSA) is 36.9 Å². The van der Waals surface area contributed by atoms with Crippen molar-refractivity contribution in [2.75, 3.05) is 0 Å². The molecule has 0 saturated heterocycles. The Kier molecular flexibility index (Phi) is 2.26. The zero-order chi connectivity index (χ0) is 10.8. The molecular formula is C12H8FNO. The van der Waals surface area contributed by atoms with Crippen LogP contribution in [-0.4, -0.2) is 0 Å². The van der Waals surface area contributed by atoms with Gasteiger partial charge in [0.2, 0.25) is 0 Å². The molecule has 0 N–H and O–H groups in total. The van der Waals surface area contributed by atoms with Crippen molar-refractivity contribution >= 4 is 0 Å². The molecule has 0 fully saturated rings. The fraction of sp³-hybridized carbons (Fsp3) is 0.0833. The maximum atomic E-state index is 13.3. The zero-order valence-electron chi connectivity index (χ0n) is 8.12. The molecule has 0 spiro atoms. The van der Waals surface area contributed by atoms with E-state index in [1.807, 2.05) is 6.07 Å². The van der Waals surface area contributed by atoms with Crippen molar-refractivity contribution in [3.05, 3.63) is 47.5 Å². The molecule has 0 aliphatic heterocycles. The van der Waals surface area contributed by atoms with Gasteiger partial charge in [-0.25, -0.2) is 4.39 Å². The summed E-state index contributed by atoms with van der Waals surface area (Å²) in [4.78, 5) is 0. The van der Waals surface area contributed by atoms with E-state index < -0.39 is 0 Å². The number of hydrogen-bond acceptors (Lipinski definition) is 2. The van der Waals surface area contributed by atoms with Gasteiger partial charge in [0, 0.05) is 5.56 Å². The first-order valence-corrected chi connectivity index (χ1v) is 4.46. The van der Waals surface area contributed by atoms with Crippen molar-refractivity contribution in [2.45, 2.75) is 6.92 Å². The van der Waals surface area contributed by atoms with Crippen molar-refractivity contribution in [2.24, 2.45) is 0 Å². The molecule has 74 valence electrons. The highest BCUT2D eigenvalue weighted by molar-refractivity contribution is 5.66. The van der Waals surface area contributed by atoms with Gasteiger partial charge in [0.05, 0.1) is 17.9 Å². The third kappa shape index (κ3) is 1.62. The van der Waals surface area contributed by atoms with Gasteiger partial charge in [-0.3, -0.25) is 0 Å². The van der Waals surface area contributed by atoms with E-state index in [1.54, 1.807) is 19.1 Å². The Morgan fingerprint density at radius 1 is 1.40 bits per heavy atom. The second-order valence-corrected chi connectivity index (χ2v) is 3.24. The summed E-state index contributed by atoms with van der Waals surface area (Å²) >= 11 is 0. The predicted molar refractivity (Wildman–Crippen MR) is 53.6 cm³/mol. The van der Waals surface area contributed by atoms with Crippen LogP contribution in [0, 0.1) is 24.1 Å². The Morgan fingerprint density at radius 3 is 2.80 bits per heavy atom. The molecule has 0 saturated carbocycles. The van der Waals surface area contributed by atoms with E-state index in [-0.39, 0.29) is 5.82 Å². The Hall–Kier alpha value is -2.08. The van der Waals surface area contributed by atoms with Crippen LogP contribution in [-0.2, 0) is 0 Å². The number of nitrogens with zero attached hydrogens (tertiary/aromatic N) is 1. The summed E-state index contributed by atoms with van der Waals surface area (Å²) in [5.41, 5.74) is 1.37. The molecule has 0 unspecified atom stereocenters. The maximum Gasteiger partial charge on any atom is 0.135 e. The van der Waals surface area contributed by atoms with E-state index in [4.69, 9.17) is 9.68 Å². The molecule has 0 amide bonds. The summed E-state index contributed by atoms with van der Waals surface area (Å²) in [6.45, 7) is 1.63. The van der Waals surface area contributed by atoms with Crippen molar-refractivity contribution in [1.82, 2.24) is 0 Å². The minimum absolute atomic E-state index is 0.333. The van der Waals surface area contributed by atoms with Crippen LogP contribution in [0.1, 0.15) is 11.1 Å². The Labute approximate surface area is 86.6 Å². The SMILES string of the molecule is Cc1cc(C#N)c(-c2ccco2)cc1F. The molecule has 0 bridgehead atoms.